The van der Waals surface area contributed by atoms with Crippen LogP contribution in [0.3, 0.4) is 0 Å². The summed E-state index contributed by atoms with van der Waals surface area (Å²) in [5.41, 5.74) is 0.977. The molecule has 0 amide bonds. The van der Waals surface area contributed by atoms with Gasteiger partial charge in [0.1, 0.15) is 6.29 Å². The van der Waals surface area contributed by atoms with Crippen molar-refractivity contribution in [1.29, 1.82) is 0 Å². The Bertz CT molecular complexity index is 1220. The summed E-state index contributed by atoms with van der Waals surface area (Å²) in [4.78, 5) is 12.2. The lowest BCUT2D eigenvalue weighted by Gasteiger charge is -2.44. The van der Waals surface area contributed by atoms with Gasteiger partial charge < -0.3 is 9.22 Å². The van der Waals surface area contributed by atoms with Gasteiger partial charge in [-0.3, -0.25) is 0 Å². The van der Waals surface area contributed by atoms with Crippen LogP contribution >= 0.6 is 0 Å². The van der Waals surface area contributed by atoms with E-state index in [9.17, 15) is 13.2 Å². The van der Waals surface area contributed by atoms with Crippen molar-refractivity contribution in [2.45, 2.75) is 56.2 Å². The Labute approximate surface area is 209 Å². The smallest absolute Gasteiger partial charge is 0.261 e. The average Bonchev–Trinajstić information content (AvgIpc) is 3.27. The summed E-state index contributed by atoms with van der Waals surface area (Å²) >= 11 is 0. The quantitative estimate of drug-likeness (QED) is 0.359. The number of hydrogen-bond acceptors (Lipinski definition) is 4. The third-order valence-corrected chi connectivity index (χ3v) is 13.8. The summed E-state index contributed by atoms with van der Waals surface area (Å²) in [5.74, 6) is 0. The molecule has 1 aliphatic rings. The van der Waals surface area contributed by atoms with E-state index in [2.05, 4.69) is 45.0 Å². The van der Waals surface area contributed by atoms with Crippen LogP contribution in [-0.2, 0) is 19.2 Å². The van der Waals surface area contributed by atoms with Crippen molar-refractivity contribution >= 4 is 35.0 Å². The molecule has 3 aromatic rings. The van der Waals surface area contributed by atoms with Crippen LogP contribution in [0.15, 0.2) is 89.8 Å². The molecule has 2 atom stereocenters. The molecule has 35 heavy (non-hydrogen) atoms. The minimum absolute atomic E-state index is 0.143. The van der Waals surface area contributed by atoms with Gasteiger partial charge in [-0.2, -0.15) is 4.31 Å². The molecule has 1 aliphatic heterocycles. The van der Waals surface area contributed by atoms with E-state index in [-0.39, 0.29) is 16.5 Å². The van der Waals surface area contributed by atoms with Crippen molar-refractivity contribution in [3.05, 3.63) is 90.5 Å². The minimum atomic E-state index is -3.83. The highest BCUT2D eigenvalue weighted by Crippen LogP contribution is 2.39. The molecular weight excluding hydrogens is 474 g/mol. The molecule has 0 radical (unpaired) electrons. The number of benzene rings is 3. The van der Waals surface area contributed by atoms with Crippen molar-refractivity contribution in [3.8, 4) is 0 Å². The number of aryl methyl sites for hydroxylation is 1. The van der Waals surface area contributed by atoms with Crippen LogP contribution in [0.4, 0.5) is 0 Å². The van der Waals surface area contributed by atoms with E-state index in [0.29, 0.717) is 6.42 Å². The molecule has 0 aromatic heterocycles. The third-order valence-electron chi connectivity index (χ3n) is 6.80. The minimum Gasteiger partial charge on any atom is -0.403 e. The lowest BCUT2D eigenvalue weighted by Crippen LogP contribution is -2.67. The second-order valence-corrected chi connectivity index (χ2v) is 16.4. The zero-order valence-corrected chi connectivity index (χ0v) is 22.5. The van der Waals surface area contributed by atoms with E-state index in [1.807, 2.05) is 43.3 Å². The summed E-state index contributed by atoms with van der Waals surface area (Å²) in [5, 5.41) is 2.01. The molecule has 0 aliphatic carbocycles. The van der Waals surface area contributed by atoms with Crippen molar-refractivity contribution < 1.29 is 17.6 Å². The molecule has 0 spiro atoms. The van der Waals surface area contributed by atoms with Crippen LogP contribution in [0.2, 0.25) is 5.04 Å². The Kier molecular flexibility index (Phi) is 7.15. The van der Waals surface area contributed by atoms with E-state index in [1.54, 1.807) is 24.3 Å². The largest absolute Gasteiger partial charge is 0.403 e. The molecule has 1 heterocycles. The Morgan fingerprint density at radius 1 is 0.886 bits per heavy atom. The van der Waals surface area contributed by atoms with Crippen molar-refractivity contribution in [2.24, 2.45) is 0 Å². The number of sulfonamides is 1. The number of aldehydes is 1. The SMILES string of the molecule is Cc1ccc(S(=O)(=O)N2CC(O[Si](c3ccccc3)(c3ccccc3)C(C)(C)C)CC2C=O)cc1. The fourth-order valence-corrected chi connectivity index (χ4v) is 11.4. The lowest BCUT2D eigenvalue weighted by atomic mass is 10.2. The Morgan fingerprint density at radius 3 is 1.86 bits per heavy atom. The molecular formula is C28H33NO4SSi. The molecule has 1 fully saturated rings. The van der Waals surface area contributed by atoms with E-state index in [1.165, 1.54) is 4.31 Å². The Balaban J connectivity index is 1.76. The van der Waals surface area contributed by atoms with Gasteiger partial charge in [0.2, 0.25) is 10.0 Å². The van der Waals surface area contributed by atoms with Crippen LogP contribution < -0.4 is 10.4 Å². The molecule has 2 unspecified atom stereocenters. The normalized spacial score (nSPS) is 19.5. The van der Waals surface area contributed by atoms with Crippen LogP contribution in [0, 0.1) is 6.92 Å². The van der Waals surface area contributed by atoms with Gasteiger partial charge in [-0.15, -0.1) is 0 Å². The van der Waals surface area contributed by atoms with Gasteiger partial charge in [0.25, 0.3) is 8.32 Å². The summed E-state index contributed by atoms with van der Waals surface area (Å²) in [6, 6.07) is 26.5. The first-order valence-electron chi connectivity index (χ1n) is 11.9. The predicted molar refractivity (Wildman–Crippen MR) is 142 cm³/mol. The van der Waals surface area contributed by atoms with Crippen molar-refractivity contribution in [2.75, 3.05) is 6.54 Å². The zero-order chi connectivity index (χ0) is 25.3. The highest BCUT2D eigenvalue weighted by Gasteiger charge is 2.53. The average molecular weight is 508 g/mol. The van der Waals surface area contributed by atoms with E-state index < -0.39 is 30.5 Å². The maximum absolute atomic E-state index is 13.5. The molecule has 184 valence electrons. The summed E-state index contributed by atoms with van der Waals surface area (Å²) in [6.07, 6.45) is 0.663. The number of carbonyl (C=O) groups excluding carboxylic acids is 1. The Morgan fingerprint density at radius 2 is 1.40 bits per heavy atom. The summed E-state index contributed by atoms with van der Waals surface area (Å²) < 4.78 is 35.4. The highest BCUT2D eigenvalue weighted by molar-refractivity contribution is 7.89. The molecule has 0 bridgehead atoms. The lowest BCUT2D eigenvalue weighted by molar-refractivity contribution is -0.110. The highest BCUT2D eigenvalue weighted by atomic mass is 32.2. The zero-order valence-electron chi connectivity index (χ0n) is 20.7. The van der Waals surface area contributed by atoms with E-state index >= 15 is 0 Å². The second kappa shape index (κ2) is 9.82. The number of nitrogens with zero attached hydrogens (tertiary/aromatic N) is 1. The van der Waals surface area contributed by atoms with Crippen LogP contribution in [0.1, 0.15) is 32.8 Å². The standard InChI is InChI=1S/C28H33NO4SSi/c1-22-15-17-25(18-16-22)34(31,32)29-20-24(19-23(29)21-30)33-35(28(2,3)4,26-11-7-5-8-12-26)27-13-9-6-10-14-27/h5-18,21,23-24H,19-20H2,1-4H3. The van der Waals surface area contributed by atoms with Crippen molar-refractivity contribution in [1.82, 2.24) is 4.31 Å². The van der Waals surface area contributed by atoms with Gasteiger partial charge in [0.05, 0.1) is 17.0 Å². The summed E-state index contributed by atoms with van der Waals surface area (Å²) in [7, 11) is -6.70. The van der Waals surface area contributed by atoms with Gasteiger partial charge in [-0.25, -0.2) is 8.42 Å². The topological polar surface area (TPSA) is 63.7 Å². The van der Waals surface area contributed by atoms with E-state index in [4.69, 9.17) is 4.43 Å². The fraction of sp³-hybridized carbons (Fsp3) is 0.321. The fourth-order valence-electron chi connectivity index (χ4n) is 5.07. The monoisotopic (exact) mass is 507 g/mol. The first kappa shape index (κ1) is 25.5. The van der Waals surface area contributed by atoms with Crippen LogP contribution in [-0.4, -0.2) is 46.0 Å². The predicted octanol–water partition coefficient (Wildman–Crippen LogP) is 3.90. The Hall–Kier alpha value is -2.58. The molecule has 7 heteroatoms. The molecule has 3 aromatic carbocycles. The number of hydrogen-bond donors (Lipinski definition) is 0. The molecule has 4 rings (SSSR count). The number of carbonyl (C=O) groups is 1. The van der Waals surface area contributed by atoms with Gasteiger partial charge >= 0.3 is 0 Å². The molecule has 5 nitrogen and oxygen atoms in total. The summed E-state index contributed by atoms with van der Waals surface area (Å²) in [6.45, 7) is 8.61. The van der Waals surface area contributed by atoms with Crippen LogP contribution in [0.25, 0.3) is 0 Å². The van der Waals surface area contributed by atoms with Gasteiger partial charge in [0, 0.05) is 6.54 Å². The second-order valence-electron chi connectivity index (χ2n) is 10.2. The maximum atomic E-state index is 13.5. The van der Waals surface area contributed by atoms with Gasteiger partial charge in [0.15, 0.2) is 0 Å². The molecule has 1 saturated heterocycles. The maximum Gasteiger partial charge on any atom is 0.261 e. The van der Waals surface area contributed by atoms with Crippen LogP contribution in [0.5, 0.6) is 0 Å². The van der Waals surface area contributed by atoms with E-state index in [0.717, 1.165) is 22.2 Å². The first-order chi connectivity index (χ1) is 16.6. The van der Waals surface area contributed by atoms with Crippen molar-refractivity contribution in [3.63, 3.8) is 0 Å². The van der Waals surface area contributed by atoms with Gasteiger partial charge in [-0.05, 0) is 40.9 Å². The third kappa shape index (κ3) is 4.78. The number of rotatable bonds is 7. The molecule has 0 N–H and O–H groups in total. The van der Waals surface area contributed by atoms with Gasteiger partial charge in [-0.1, -0.05) is 99.1 Å². The first-order valence-corrected chi connectivity index (χ1v) is 15.3. The molecule has 0 saturated carbocycles.